The molecule has 8 nitrogen and oxygen atoms in total. The van der Waals surface area contributed by atoms with E-state index in [9.17, 15) is 13.0 Å². The molecule has 0 aromatic heterocycles. The molecule has 0 fully saturated rings. The van der Waals surface area contributed by atoms with Crippen LogP contribution in [0, 0.1) is 12.8 Å². The van der Waals surface area contributed by atoms with Crippen LogP contribution in [-0.4, -0.2) is 28.5 Å². The lowest BCUT2D eigenvalue weighted by molar-refractivity contribution is 0.203. The molecule has 0 spiro atoms. The zero-order valence-corrected chi connectivity index (χ0v) is 15.3. The number of sulfonamides is 1. The van der Waals surface area contributed by atoms with Crippen molar-refractivity contribution in [1.29, 1.82) is 0 Å². The highest BCUT2D eigenvalue weighted by Crippen LogP contribution is 2.48. The summed E-state index contributed by atoms with van der Waals surface area (Å²) in [6, 6.07) is 6.25. The van der Waals surface area contributed by atoms with E-state index < -0.39 is 17.8 Å². The second-order valence-electron chi connectivity index (χ2n) is 4.92. The van der Waals surface area contributed by atoms with Gasteiger partial charge in [0, 0.05) is 20.1 Å². The Kier molecular flexibility index (Phi) is 6.76. The minimum Gasteiger partial charge on any atom is -0.388 e. The molecule has 0 bridgehead atoms. The number of nitrogens with one attached hydrogen (secondary N) is 1. The van der Waals surface area contributed by atoms with Gasteiger partial charge in [0.15, 0.2) is 0 Å². The molecule has 1 rings (SSSR count). The SMILES string of the molecule is COP(=O)(OC)OC(=NNS(=O)(=O)c1ccc(C)cc1)C(C)C. The predicted octanol–water partition coefficient (Wildman–Crippen LogP) is 2.66. The average molecular weight is 364 g/mol. The first-order valence-electron chi connectivity index (χ1n) is 6.70. The van der Waals surface area contributed by atoms with Crippen molar-refractivity contribution in [3.05, 3.63) is 29.8 Å². The largest absolute Gasteiger partial charge is 0.530 e. The number of hydrazone groups is 1. The maximum atomic E-state index is 12.2. The Labute approximate surface area is 136 Å². The van der Waals surface area contributed by atoms with Gasteiger partial charge in [-0.25, -0.2) is 4.57 Å². The lowest BCUT2D eigenvalue weighted by atomic mass is 10.2. The van der Waals surface area contributed by atoms with Gasteiger partial charge in [-0.2, -0.15) is 13.2 Å². The molecule has 0 atom stereocenters. The van der Waals surface area contributed by atoms with Crippen LogP contribution in [0.4, 0.5) is 0 Å². The van der Waals surface area contributed by atoms with Gasteiger partial charge in [-0.3, -0.25) is 9.05 Å². The molecule has 23 heavy (non-hydrogen) atoms. The molecule has 1 N–H and O–H groups in total. The van der Waals surface area contributed by atoms with Crippen molar-refractivity contribution in [1.82, 2.24) is 4.83 Å². The quantitative estimate of drug-likeness (QED) is 0.345. The van der Waals surface area contributed by atoms with E-state index in [4.69, 9.17) is 4.52 Å². The monoisotopic (exact) mass is 364 g/mol. The summed E-state index contributed by atoms with van der Waals surface area (Å²) in [5, 5.41) is 3.70. The summed E-state index contributed by atoms with van der Waals surface area (Å²) in [4.78, 5) is 2.10. The van der Waals surface area contributed by atoms with Crippen LogP contribution in [0.3, 0.4) is 0 Å². The molecular weight excluding hydrogens is 343 g/mol. The van der Waals surface area contributed by atoms with E-state index in [1.54, 1.807) is 26.0 Å². The van der Waals surface area contributed by atoms with E-state index in [1.165, 1.54) is 12.1 Å². The Balaban J connectivity index is 3.01. The van der Waals surface area contributed by atoms with Gasteiger partial charge >= 0.3 is 7.82 Å². The molecule has 0 radical (unpaired) electrons. The predicted molar refractivity (Wildman–Crippen MR) is 86.5 cm³/mol. The second-order valence-corrected chi connectivity index (χ2v) is 8.38. The summed E-state index contributed by atoms with van der Waals surface area (Å²) in [6.07, 6.45) is 0. The highest BCUT2D eigenvalue weighted by Gasteiger charge is 2.28. The lowest BCUT2D eigenvalue weighted by Crippen LogP contribution is -2.23. The number of hydrogen-bond donors (Lipinski definition) is 1. The zero-order chi connectivity index (χ0) is 17.7. The molecule has 130 valence electrons. The first kappa shape index (κ1) is 19.6. The Morgan fingerprint density at radius 3 is 2.13 bits per heavy atom. The van der Waals surface area contributed by atoms with Gasteiger partial charge < -0.3 is 4.52 Å². The summed E-state index contributed by atoms with van der Waals surface area (Å²) in [6.45, 7) is 5.23. The standard InChI is InChI=1S/C13H21N2O6PS/c1-10(2)13(21-22(16,19-4)20-5)14-15-23(17,18)12-8-6-11(3)7-9-12/h6-10,15H,1-5H3. The van der Waals surface area contributed by atoms with E-state index in [0.29, 0.717) is 0 Å². The fraction of sp³-hybridized carbons (Fsp3) is 0.462. The number of aryl methyl sites for hydroxylation is 1. The fourth-order valence-electron chi connectivity index (χ4n) is 1.39. The number of phosphoric acid groups is 1. The van der Waals surface area contributed by atoms with Gasteiger partial charge in [0.1, 0.15) is 0 Å². The second kappa shape index (κ2) is 7.92. The first-order valence-corrected chi connectivity index (χ1v) is 9.65. The lowest BCUT2D eigenvalue weighted by Gasteiger charge is -2.17. The van der Waals surface area contributed by atoms with Gasteiger partial charge in [-0.1, -0.05) is 31.5 Å². The third-order valence-corrected chi connectivity index (χ3v) is 5.28. The highest BCUT2D eigenvalue weighted by molar-refractivity contribution is 7.89. The Morgan fingerprint density at radius 2 is 1.70 bits per heavy atom. The molecule has 0 aliphatic rings. The van der Waals surface area contributed by atoms with Crippen LogP contribution in [0.1, 0.15) is 19.4 Å². The normalized spacial score (nSPS) is 13.2. The van der Waals surface area contributed by atoms with Gasteiger partial charge in [0.25, 0.3) is 10.0 Å². The summed E-state index contributed by atoms with van der Waals surface area (Å²) < 4.78 is 50.7. The Morgan fingerprint density at radius 1 is 1.17 bits per heavy atom. The number of phosphoric ester groups is 1. The van der Waals surface area contributed by atoms with Crippen LogP contribution in [0.15, 0.2) is 34.3 Å². The highest BCUT2D eigenvalue weighted by atomic mass is 32.2. The van der Waals surface area contributed by atoms with Crippen molar-refractivity contribution in [2.45, 2.75) is 25.7 Å². The topological polar surface area (TPSA) is 103 Å². The van der Waals surface area contributed by atoms with E-state index in [1.807, 2.05) is 11.8 Å². The van der Waals surface area contributed by atoms with Crippen LogP contribution in [0.25, 0.3) is 0 Å². The van der Waals surface area contributed by atoms with Gasteiger partial charge in [0.2, 0.25) is 5.90 Å². The molecule has 0 saturated heterocycles. The molecule has 1 aromatic rings. The Bertz CT molecular complexity index is 692. The molecule has 0 aliphatic carbocycles. The third-order valence-electron chi connectivity index (χ3n) is 2.75. The molecule has 1 aromatic carbocycles. The van der Waals surface area contributed by atoms with Crippen molar-refractivity contribution in [2.24, 2.45) is 11.0 Å². The van der Waals surface area contributed by atoms with Crippen LogP contribution >= 0.6 is 7.82 Å². The maximum Gasteiger partial charge on any atom is 0.530 e. The summed E-state index contributed by atoms with van der Waals surface area (Å²) in [5.41, 5.74) is 0.930. The van der Waals surface area contributed by atoms with Gasteiger partial charge in [0.05, 0.1) is 4.90 Å². The molecule has 0 aliphatic heterocycles. The summed E-state index contributed by atoms with van der Waals surface area (Å²) >= 11 is 0. The molecule has 10 heteroatoms. The number of hydrogen-bond acceptors (Lipinski definition) is 7. The summed E-state index contributed by atoms with van der Waals surface area (Å²) in [7, 11) is -5.38. The fourth-order valence-corrected chi connectivity index (χ4v) is 2.98. The van der Waals surface area contributed by atoms with Crippen LogP contribution in [-0.2, 0) is 28.2 Å². The van der Waals surface area contributed by atoms with Crippen molar-refractivity contribution >= 4 is 23.7 Å². The van der Waals surface area contributed by atoms with Gasteiger partial charge in [-0.05, 0) is 19.1 Å². The molecular formula is C13H21N2O6PS. The minimum atomic E-state index is -3.86. The zero-order valence-electron chi connectivity index (χ0n) is 13.6. The Hall–Kier alpha value is -1.41. The van der Waals surface area contributed by atoms with Crippen LogP contribution in [0.5, 0.6) is 0 Å². The molecule has 0 amide bonds. The number of nitrogens with zero attached hydrogens (tertiary/aromatic N) is 1. The average Bonchev–Trinajstić information content (AvgIpc) is 2.51. The number of rotatable bonds is 7. The van der Waals surface area contributed by atoms with Crippen LogP contribution < -0.4 is 4.83 Å². The van der Waals surface area contributed by atoms with E-state index in [0.717, 1.165) is 19.8 Å². The van der Waals surface area contributed by atoms with Crippen LogP contribution in [0.2, 0.25) is 0 Å². The molecule has 0 saturated carbocycles. The summed E-state index contributed by atoms with van der Waals surface area (Å²) in [5.74, 6) is -0.470. The van der Waals surface area contributed by atoms with E-state index >= 15 is 0 Å². The van der Waals surface area contributed by atoms with E-state index in [-0.39, 0.29) is 16.7 Å². The van der Waals surface area contributed by atoms with Crippen molar-refractivity contribution in [3.63, 3.8) is 0 Å². The molecule has 0 heterocycles. The van der Waals surface area contributed by atoms with E-state index in [2.05, 4.69) is 14.1 Å². The minimum absolute atomic E-state index is 0.0524. The van der Waals surface area contributed by atoms with Crippen molar-refractivity contribution < 1.29 is 26.6 Å². The van der Waals surface area contributed by atoms with Crippen molar-refractivity contribution in [3.8, 4) is 0 Å². The third kappa shape index (κ3) is 5.62. The first-order chi connectivity index (χ1) is 10.6. The van der Waals surface area contributed by atoms with Crippen molar-refractivity contribution in [2.75, 3.05) is 14.2 Å². The number of benzene rings is 1. The molecule has 0 unspecified atom stereocenters. The van der Waals surface area contributed by atoms with Gasteiger partial charge in [-0.15, -0.1) is 5.10 Å². The smallest absolute Gasteiger partial charge is 0.388 e. The maximum absolute atomic E-state index is 12.2.